The van der Waals surface area contributed by atoms with Gasteiger partial charge in [0.15, 0.2) is 6.23 Å². The third-order valence-corrected chi connectivity index (χ3v) is 4.54. The van der Waals surface area contributed by atoms with Crippen LogP contribution in [0.5, 0.6) is 0 Å². The van der Waals surface area contributed by atoms with Crippen molar-refractivity contribution in [2.45, 2.75) is 13.2 Å². The quantitative estimate of drug-likeness (QED) is 0.364. The summed E-state index contributed by atoms with van der Waals surface area (Å²) in [5, 5.41) is 13.5. The number of fused-ring (bicyclic) bond motifs is 3. The lowest BCUT2D eigenvalue weighted by Gasteiger charge is -2.21. The molecule has 26 heavy (non-hydrogen) atoms. The molecule has 130 valence electrons. The first kappa shape index (κ1) is 16.3. The van der Waals surface area contributed by atoms with Crippen LogP contribution in [0.2, 0.25) is 0 Å². The first-order valence-electron chi connectivity index (χ1n) is 8.54. The standard InChI is InChI=1S/C21H18N2O3/c1-2-26-21(15-8-7-9-16(14-15)23(24)25)22-19-12-5-3-10-17(19)18-11-4-6-13-20(18)22/h3-14,21H,2H2,1H3/t21-/m1/s1. The van der Waals surface area contributed by atoms with Crippen molar-refractivity contribution in [1.29, 1.82) is 0 Å². The number of non-ortho nitro benzene ring substituents is 1. The minimum Gasteiger partial charge on any atom is -0.354 e. The third-order valence-electron chi connectivity index (χ3n) is 4.54. The van der Waals surface area contributed by atoms with E-state index in [9.17, 15) is 10.1 Å². The fraction of sp³-hybridized carbons (Fsp3) is 0.143. The van der Waals surface area contributed by atoms with Crippen LogP contribution in [-0.2, 0) is 4.74 Å². The maximum absolute atomic E-state index is 11.2. The van der Waals surface area contributed by atoms with Gasteiger partial charge in [-0.2, -0.15) is 0 Å². The summed E-state index contributed by atoms with van der Waals surface area (Å²) < 4.78 is 8.18. The van der Waals surface area contributed by atoms with Crippen LogP contribution >= 0.6 is 0 Å². The molecule has 5 nitrogen and oxygen atoms in total. The molecule has 1 aromatic heterocycles. The molecular weight excluding hydrogens is 328 g/mol. The predicted octanol–water partition coefficient (Wildman–Crippen LogP) is 5.29. The summed E-state index contributed by atoms with van der Waals surface area (Å²) in [5.41, 5.74) is 2.90. The Morgan fingerprint density at radius 3 is 2.15 bits per heavy atom. The van der Waals surface area contributed by atoms with Gasteiger partial charge in [-0.25, -0.2) is 0 Å². The van der Waals surface area contributed by atoms with Crippen LogP contribution in [0.25, 0.3) is 21.8 Å². The number of nitro groups is 1. The minimum atomic E-state index is -0.440. The van der Waals surface area contributed by atoms with Crippen LogP contribution in [0.15, 0.2) is 72.8 Å². The Bertz CT molecular complexity index is 1050. The molecule has 0 spiro atoms. The Balaban J connectivity index is 2.00. The van der Waals surface area contributed by atoms with E-state index in [4.69, 9.17) is 4.74 Å². The highest BCUT2D eigenvalue weighted by Gasteiger charge is 2.21. The second-order valence-corrected chi connectivity index (χ2v) is 6.06. The van der Waals surface area contributed by atoms with Crippen molar-refractivity contribution in [3.63, 3.8) is 0 Å². The Hall–Kier alpha value is -3.18. The number of ether oxygens (including phenoxy) is 1. The molecule has 0 aliphatic rings. The van der Waals surface area contributed by atoms with E-state index in [0.29, 0.717) is 6.61 Å². The summed E-state index contributed by atoms with van der Waals surface area (Å²) in [5.74, 6) is 0. The number of benzene rings is 3. The number of para-hydroxylation sites is 2. The molecule has 0 radical (unpaired) electrons. The van der Waals surface area contributed by atoms with Gasteiger partial charge in [0.05, 0.1) is 16.0 Å². The van der Waals surface area contributed by atoms with Gasteiger partial charge in [-0.3, -0.25) is 10.1 Å². The highest BCUT2D eigenvalue weighted by Crippen LogP contribution is 2.35. The van der Waals surface area contributed by atoms with Crippen molar-refractivity contribution in [2.24, 2.45) is 0 Å². The highest BCUT2D eigenvalue weighted by molar-refractivity contribution is 6.08. The zero-order valence-corrected chi connectivity index (χ0v) is 14.3. The van der Waals surface area contributed by atoms with Gasteiger partial charge in [0.1, 0.15) is 0 Å². The number of aromatic nitrogens is 1. The van der Waals surface area contributed by atoms with Gasteiger partial charge in [0, 0.05) is 35.1 Å². The van der Waals surface area contributed by atoms with E-state index in [-0.39, 0.29) is 10.6 Å². The summed E-state index contributed by atoms with van der Waals surface area (Å²) >= 11 is 0. The van der Waals surface area contributed by atoms with Gasteiger partial charge in [-0.15, -0.1) is 0 Å². The molecular formula is C21H18N2O3. The monoisotopic (exact) mass is 346 g/mol. The number of hydrogen-bond acceptors (Lipinski definition) is 3. The molecule has 0 aliphatic heterocycles. The van der Waals surface area contributed by atoms with E-state index >= 15 is 0 Å². The smallest absolute Gasteiger partial charge is 0.269 e. The van der Waals surface area contributed by atoms with Crippen molar-refractivity contribution in [3.8, 4) is 0 Å². The zero-order valence-electron chi connectivity index (χ0n) is 14.3. The molecule has 1 atom stereocenters. The Morgan fingerprint density at radius 1 is 0.962 bits per heavy atom. The topological polar surface area (TPSA) is 57.3 Å². The molecule has 0 saturated heterocycles. The van der Waals surface area contributed by atoms with Crippen molar-refractivity contribution in [2.75, 3.05) is 6.61 Å². The Labute approximate surface area is 150 Å². The maximum atomic E-state index is 11.2. The zero-order chi connectivity index (χ0) is 18.1. The van der Waals surface area contributed by atoms with E-state index in [0.717, 1.165) is 27.4 Å². The van der Waals surface area contributed by atoms with Crippen LogP contribution in [0.3, 0.4) is 0 Å². The number of nitrogens with zero attached hydrogens (tertiary/aromatic N) is 2. The highest BCUT2D eigenvalue weighted by atomic mass is 16.6. The number of nitro benzene ring substituents is 1. The molecule has 4 aromatic rings. The second kappa shape index (κ2) is 6.61. The van der Waals surface area contributed by atoms with Crippen molar-refractivity contribution in [1.82, 2.24) is 4.57 Å². The predicted molar refractivity (Wildman–Crippen MR) is 102 cm³/mol. The molecule has 0 aliphatic carbocycles. The van der Waals surface area contributed by atoms with Crippen LogP contribution in [0.1, 0.15) is 18.7 Å². The molecule has 4 rings (SSSR count). The van der Waals surface area contributed by atoms with Gasteiger partial charge in [0.25, 0.3) is 5.69 Å². The molecule has 0 saturated carbocycles. The number of rotatable bonds is 5. The molecule has 0 unspecified atom stereocenters. The lowest BCUT2D eigenvalue weighted by Crippen LogP contribution is -2.14. The first-order valence-corrected chi connectivity index (χ1v) is 8.54. The van der Waals surface area contributed by atoms with E-state index < -0.39 is 6.23 Å². The van der Waals surface area contributed by atoms with Crippen LogP contribution < -0.4 is 0 Å². The number of hydrogen-bond donors (Lipinski definition) is 0. The summed E-state index contributed by atoms with van der Waals surface area (Å²) in [7, 11) is 0. The van der Waals surface area contributed by atoms with Gasteiger partial charge in [-0.1, -0.05) is 48.5 Å². The van der Waals surface area contributed by atoms with E-state index in [1.54, 1.807) is 12.1 Å². The summed E-state index contributed by atoms with van der Waals surface area (Å²) in [6.45, 7) is 2.42. The SMILES string of the molecule is CCO[C@H](c1cccc([N+](=O)[O-])c1)n1c2ccccc2c2ccccc21. The maximum Gasteiger partial charge on any atom is 0.269 e. The average Bonchev–Trinajstić information content (AvgIpc) is 3.01. The molecule has 5 heteroatoms. The molecule has 1 heterocycles. The third kappa shape index (κ3) is 2.62. The first-order chi connectivity index (χ1) is 12.7. The molecule has 0 amide bonds. The summed E-state index contributed by atoms with van der Waals surface area (Å²) in [4.78, 5) is 10.8. The lowest BCUT2D eigenvalue weighted by molar-refractivity contribution is -0.385. The fourth-order valence-electron chi connectivity index (χ4n) is 3.48. The van der Waals surface area contributed by atoms with Gasteiger partial charge >= 0.3 is 0 Å². The van der Waals surface area contributed by atoms with E-state index in [2.05, 4.69) is 28.8 Å². The molecule has 0 fully saturated rings. The van der Waals surface area contributed by atoms with Crippen molar-refractivity contribution >= 4 is 27.5 Å². The van der Waals surface area contributed by atoms with Crippen LogP contribution in [0, 0.1) is 10.1 Å². The van der Waals surface area contributed by atoms with Crippen LogP contribution in [-0.4, -0.2) is 16.1 Å². The second-order valence-electron chi connectivity index (χ2n) is 6.06. The summed E-state index contributed by atoms with van der Waals surface area (Å²) in [6, 6.07) is 23.0. The van der Waals surface area contributed by atoms with Crippen LogP contribution in [0.4, 0.5) is 5.69 Å². The van der Waals surface area contributed by atoms with Gasteiger partial charge in [-0.05, 0) is 19.1 Å². The minimum absolute atomic E-state index is 0.0629. The van der Waals surface area contributed by atoms with Gasteiger partial charge in [0.2, 0.25) is 0 Å². The van der Waals surface area contributed by atoms with E-state index in [1.165, 1.54) is 6.07 Å². The molecule has 3 aromatic carbocycles. The Kier molecular flexibility index (Phi) is 4.14. The molecule has 0 N–H and O–H groups in total. The lowest BCUT2D eigenvalue weighted by atomic mass is 10.1. The normalized spacial score (nSPS) is 12.5. The fourth-order valence-corrected chi connectivity index (χ4v) is 3.48. The van der Waals surface area contributed by atoms with Crippen molar-refractivity contribution in [3.05, 3.63) is 88.5 Å². The van der Waals surface area contributed by atoms with E-state index in [1.807, 2.05) is 37.3 Å². The molecule has 0 bridgehead atoms. The van der Waals surface area contributed by atoms with Crippen molar-refractivity contribution < 1.29 is 9.66 Å². The van der Waals surface area contributed by atoms with Gasteiger partial charge < -0.3 is 9.30 Å². The average molecular weight is 346 g/mol. The Morgan fingerprint density at radius 2 is 1.58 bits per heavy atom. The summed E-state index contributed by atoms with van der Waals surface area (Å²) in [6.07, 6.45) is -0.440. The largest absolute Gasteiger partial charge is 0.354 e.